The second-order valence-corrected chi connectivity index (χ2v) is 7.71. The molecule has 2 atom stereocenters. The van der Waals surface area contributed by atoms with Gasteiger partial charge in [0.15, 0.2) is 0 Å². The Morgan fingerprint density at radius 3 is 2.35 bits per heavy atom. The summed E-state index contributed by atoms with van der Waals surface area (Å²) in [6.45, 7) is 2.36. The lowest BCUT2D eigenvalue weighted by Gasteiger charge is -2.43. The van der Waals surface area contributed by atoms with Gasteiger partial charge in [-0.25, -0.2) is 0 Å². The van der Waals surface area contributed by atoms with E-state index in [9.17, 15) is 0 Å². The van der Waals surface area contributed by atoms with Crippen LogP contribution in [0.2, 0.25) is 0 Å². The van der Waals surface area contributed by atoms with E-state index >= 15 is 0 Å². The molecule has 122 valence electrons. The predicted molar refractivity (Wildman–Crippen MR) is 106 cm³/mol. The zero-order valence-electron chi connectivity index (χ0n) is 13.6. The third-order valence-corrected chi connectivity index (χ3v) is 7.59. The summed E-state index contributed by atoms with van der Waals surface area (Å²) in [6.07, 6.45) is 0. The monoisotopic (exact) mass is 440 g/mol. The number of alkyl halides is 1. The van der Waals surface area contributed by atoms with Crippen molar-refractivity contribution in [2.24, 2.45) is 0 Å². The van der Waals surface area contributed by atoms with Gasteiger partial charge in [0.05, 0.1) is 14.2 Å². The minimum Gasteiger partial charge on any atom is -0.497 e. The molecule has 0 radical (unpaired) electrons. The molecule has 0 bridgehead atoms. The van der Waals surface area contributed by atoms with Gasteiger partial charge in [-0.1, -0.05) is 47.7 Å². The summed E-state index contributed by atoms with van der Waals surface area (Å²) in [4.78, 5) is 1.35. The van der Waals surface area contributed by atoms with Crippen LogP contribution in [-0.4, -0.2) is 24.4 Å². The average Bonchev–Trinajstić information content (AvgIpc) is 2.62. The largest absolute Gasteiger partial charge is 0.497 e. The van der Waals surface area contributed by atoms with Crippen molar-refractivity contribution in [1.29, 1.82) is 0 Å². The molecule has 0 aliphatic carbocycles. The van der Waals surface area contributed by atoms with Gasteiger partial charge in [0.2, 0.25) is 0 Å². The van der Waals surface area contributed by atoms with E-state index in [1.807, 2.05) is 11.8 Å². The van der Waals surface area contributed by atoms with Crippen LogP contribution in [0, 0.1) is 0 Å². The lowest BCUT2D eigenvalue weighted by Crippen LogP contribution is -2.39. The number of halogens is 1. The van der Waals surface area contributed by atoms with E-state index in [0.717, 1.165) is 21.7 Å². The molecule has 4 heteroatoms. The SMILES string of the molecule is COc1ccc(C2(CI)CSc3cc(OC)ccc3C2C)cc1. The van der Waals surface area contributed by atoms with Crippen molar-refractivity contribution < 1.29 is 9.47 Å². The summed E-state index contributed by atoms with van der Waals surface area (Å²) in [5.74, 6) is 3.41. The van der Waals surface area contributed by atoms with Crippen molar-refractivity contribution in [3.8, 4) is 11.5 Å². The van der Waals surface area contributed by atoms with Crippen molar-refractivity contribution in [2.45, 2.75) is 23.2 Å². The molecule has 2 nitrogen and oxygen atoms in total. The standard InChI is InChI=1S/C19H21IO2S/c1-13-17-9-8-16(22-3)10-18(17)23-12-19(13,11-20)14-4-6-15(21-2)7-5-14/h4-10,13H,11-12H2,1-3H3. The number of thioether (sulfide) groups is 1. The number of ether oxygens (including phenoxy) is 2. The van der Waals surface area contributed by atoms with Crippen LogP contribution >= 0.6 is 34.4 Å². The highest BCUT2D eigenvalue weighted by molar-refractivity contribution is 14.1. The Balaban J connectivity index is 2.02. The number of fused-ring (bicyclic) bond motifs is 1. The van der Waals surface area contributed by atoms with E-state index in [1.165, 1.54) is 16.0 Å². The molecule has 2 aromatic rings. The third kappa shape index (κ3) is 2.95. The number of hydrogen-bond donors (Lipinski definition) is 0. The van der Waals surface area contributed by atoms with E-state index < -0.39 is 0 Å². The Bertz CT molecular complexity index is 686. The minimum absolute atomic E-state index is 0.152. The molecule has 0 spiro atoms. The molecule has 1 aliphatic heterocycles. The highest BCUT2D eigenvalue weighted by Crippen LogP contribution is 2.51. The first kappa shape index (κ1) is 17.0. The normalized spacial score (nSPS) is 23.2. The molecule has 3 rings (SSSR count). The minimum atomic E-state index is 0.152. The smallest absolute Gasteiger partial charge is 0.119 e. The summed E-state index contributed by atoms with van der Waals surface area (Å²) < 4.78 is 11.8. The molecule has 0 amide bonds. The van der Waals surface area contributed by atoms with Crippen molar-refractivity contribution >= 4 is 34.4 Å². The average molecular weight is 440 g/mol. The summed E-state index contributed by atoms with van der Waals surface area (Å²) in [7, 11) is 3.44. The number of benzene rings is 2. The van der Waals surface area contributed by atoms with E-state index in [4.69, 9.17) is 9.47 Å². The van der Waals surface area contributed by atoms with Gasteiger partial charge in [0, 0.05) is 20.5 Å². The van der Waals surface area contributed by atoms with Crippen LogP contribution < -0.4 is 9.47 Å². The van der Waals surface area contributed by atoms with Crippen LogP contribution in [0.4, 0.5) is 0 Å². The molecule has 1 heterocycles. The maximum Gasteiger partial charge on any atom is 0.119 e. The van der Waals surface area contributed by atoms with Gasteiger partial charge in [0.1, 0.15) is 11.5 Å². The maximum absolute atomic E-state index is 5.38. The van der Waals surface area contributed by atoms with Crippen molar-refractivity contribution in [1.82, 2.24) is 0 Å². The number of rotatable bonds is 4. The molecule has 2 aromatic carbocycles. The van der Waals surface area contributed by atoms with Gasteiger partial charge in [-0.2, -0.15) is 0 Å². The van der Waals surface area contributed by atoms with E-state index in [-0.39, 0.29) is 5.41 Å². The van der Waals surface area contributed by atoms with Crippen LogP contribution in [0.25, 0.3) is 0 Å². The van der Waals surface area contributed by atoms with Crippen LogP contribution in [0.5, 0.6) is 11.5 Å². The molecule has 0 aromatic heterocycles. The molecule has 1 aliphatic rings. The fraction of sp³-hybridized carbons (Fsp3) is 0.368. The first-order valence-electron chi connectivity index (χ1n) is 7.66. The van der Waals surface area contributed by atoms with Gasteiger partial charge in [-0.05, 0) is 41.3 Å². The molecule has 0 saturated heterocycles. The summed E-state index contributed by atoms with van der Waals surface area (Å²) in [5, 5.41) is 0. The third-order valence-electron chi connectivity index (χ3n) is 4.90. The summed E-state index contributed by atoms with van der Waals surface area (Å²) >= 11 is 4.48. The zero-order chi connectivity index (χ0) is 16.4. The maximum atomic E-state index is 5.38. The summed E-state index contributed by atoms with van der Waals surface area (Å²) in [5.41, 5.74) is 2.97. The topological polar surface area (TPSA) is 18.5 Å². The number of hydrogen-bond acceptors (Lipinski definition) is 3. The first-order chi connectivity index (χ1) is 11.1. The van der Waals surface area contributed by atoms with Crippen LogP contribution in [0.3, 0.4) is 0 Å². The molecule has 2 unspecified atom stereocenters. The van der Waals surface area contributed by atoms with Crippen molar-refractivity contribution in [2.75, 3.05) is 24.4 Å². The van der Waals surface area contributed by atoms with Crippen LogP contribution in [0.1, 0.15) is 24.0 Å². The molecule has 23 heavy (non-hydrogen) atoms. The Labute approximate surface area is 156 Å². The molecule has 0 fully saturated rings. The zero-order valence-corrected chi connectivity index (χ0v) is 16.6. The molecular weight excluding hydrogens is 419 g/mol. The van der Waals surface area contributed by atoms with Gasteiger partial charge in [-0.15, -0.1) is 11.8 Å². The Morgan fingerprint density at radius 2 is 1.74 bits per heavy atom. The lowest BCUT2D eigenvalue weighted by atomic mass is 9.71. The second-order valence-electron chi connectivity index (χ2n) is 5.93. The van der Waals surface area contributed by atoms with Crippen LogP contribution in [-0.2, 0) is 5.41 Å². The molecule has 0 saturated carbocycles. The quantitative estimate of drug-likeness (QED) is 0.476. The van der Waals surface area contributed by atoms with Gasteiger partial charge >= 0.3 is 0 Å². The predicted octanol–water partition coefficient (Wildman–Crippen LogP) is 5.29. The van der Waals surface area contributed by atoms with E-state index in [0.29, 0.717) is 5.92 Å². The van der Waals surface area contributed by atoms with Gasteiger partial charge in [-0.3, -0.25) is 0 Å². The highest BCUT2D eigenvalue weighted by atomic mass is 127. The number of methoxy groups -OCH3 is 2. The first-order valence-corrected chi connectivity index (χ1v) is 10.2. The Morgan fingerprint density at radius 1 is 1.09 bits per heavy atom. The molecular formula is C19H21IO2S. The fourth-order valence-electron chi connectivity index (χ4n) is 3.24. The van der Waals surface area contributed by atoms with Crippen molar-refractivity contribution in [3.63, 3.8) is 0 Å². The Hall–Kier alpha value is -0.880. The van der Waals surface area contributed by atoms with Gasteiger partial charge < -0.3 is 9.47 Å². The van der Waals surface area contributed by atoms with Gasteiger partial charge in [0.25, 0.3) is 0 Å². The fourth-order valence-corrected chi connectivity index (χ4v) is 6.52. The Kier molecular flexibility index (Phi) is 5.11. The second kappa shape index (κ2) is 6.93. The van der Waals surface area contributed by atoms with E-state index in [1.54, 1.807) is 14.2 Å². The summed E-state index contributed by atoms with van der Waals surface area (Å²) in [6, 6.07) is 15.1. The highest BCUT2D eigenvalue weighted by Gasteiger charge is 2.42. The lowest BCUT2D eigenvalue weighted by molar-refractivity contribution is 0.408. The van der Waals surface area contributed by atoms with E-state index in [2.05, 4.69) is 72.0 Å². The van der Waals surface area contributed by atoms with Crippen LogP contribution in [0.15, 0.2) is 47.4 Å². The van der Waals surface area contributed by atoms with Crippen molar-refractivity contribution in [3.05, 3.63) is 53.6 Å². The molecule has 0 N–H and O–H groups in total.